The zero-order valence-electron chi connectivity index (χ0n) is 15.3. The number of esters is 1. The Labute approximate surface area is 153 Å². The van der Waals surface area contributed by atoms with E-state index in [1.54, 1.807) is 0 Å². The minimum atomic E-state index is -0.393. The third kappa shape index (κ3) is 4.25. The van der Waals surface area contributed by atoms with Crippen LogP contribution in [0.2, 0.25) is 0 Å². The molecule has 1 aliphatic carbocycles. The van der Waals surface area contributed by atoms with Gasteiger partial charge in [-0.2, -0.15) is 0 Å². The lowest BCUT2D eigenvalue weighted by molar-refractivity contribution is -0.141. The molecule has 3 atom stereocenters. The normalized spacial score (nSPS) is 21.3. The summed E-state index contributed by atoms with van der Waals surface area (Å²) in [7, 11) is 1.35. The summed E-state index contributed by atoms with van der Waals surface area (Å²) in [5, 5.41) is 15.6. The minimum Gasteiger partial charge on any atom is -0.468 e. The molecule has 8 nitrogen and oxygen atoms in total. The summed E-state index contributed by atoms with van der Waals surface area (Å²) in [6.45, 7) is 2.02. The molecule has 0 amide bonds. The van der Waals surface area contributed by atoms with Crippen LogP contribution in [0.4, 0.5) is 0 Å². The van der Waals surface area contributed by atoms with E-state index in [9.17, 15) is 4.79 Å². The van der Waals surface area contributed by atoms with E-state index in [-0.39, 0.29) is 24.7 Å². The van der Waals surface area contributed by atoms with Crippen molar-refractivity contribution in [2.75, 3.05) is 7.11 Å². The van der Waals surface area contributed by atoms with Crippen LogP contribution in [0, 0.1) is 6.92 Å². The number of benzene rings is 1. The molecule has 26 heavy (non-hydrogen) atoms. The molecule has 2 aromatic rings. The first-order chi connectivity index (χ1) is 12.6. The van der Waals surface area contributed by atoms with Crippen molar-refractivity contribution < 1.29 is 9.53 Å². The molecule has 1 heterocycles. The van der Waals surface area contributed by atoms with Crippen LogP contribution in [0.5, 0.6) is 0 Å². The van der Waals surface area contributed by atoms with Gasteiger partial charge >= 0.3 is 5.97 Å². The molecule has 1 aliphatic rings. The maximum absolute atomic E-state index is 11.7. The summed E-state index contributed by atoms with van der Waals surface area (Å²) in [5.74, 6) is 0.188. The number of nitrogens with one attached hydrogen (secondary N) is 1. The Kier molecular flexibility index (Phi) is 5.95. The molecule has 3 N–H and O–H groups in total. The largest absolute Gasteiger partial charge is 0.468 e. The summed E-state index contributed by atoms with van der Waals surface area (Å²) < 4.78 is 6.23. The number of tetrazole rings is 1. The van der Waals surface area contributed by atoms with Crippen LogP contribution in [0.3, 0.4) is 0 Å². The third-order valence-corrected chi connectivity index (χ3v) is 4.94. The summed E-state index contributed by atoms with van der Waals surface area (Å²) in [4.78, 5) is 11.7. The number of aromatic nitrogens is 4. The van der Waals surface area contributed by atoms with E-state index < -0.39 is 5.97 Å². The van der Waals surface area contributed by atoms with Gasteiger partial charge < -0.3 is 10.5 Å². The quantitative estimate of drug-likeness (QED) is 0.745. The highest BCUT2D eigenvalue weighted by molar-refractivity contribution is 5.68. The number of methoxy groups -OCH3 is 1. The molecule has 1 aromatic heterocycles. The first-order valence-electron chi connectivity index (χ1n) is 8.99. The highest BCUT2D eigenvalue weighted by Gasteiger charge is 2.29. The average Bonchev–Trinajstić information content (AvgIpc) is 3.09. The van der Waals surface area contributed by atoms with Gasteiger partial charge in [-0.3, -0.25) is 10.1 Å². The number of carbonyl (C=O) groups excluding carboxylic acids is 1. The van der Waals surface area contributed by atoms with Gasteiger partial charge in [-0.05, 0) is 35.8 Å². The van der Waals surface area contributed by atoms with Crippen molar-refractivity contribution in [2.24, 2.45) is 5.73 Å². The van der Waals surface area contributed by atoms with Gasteiger partial charge in [0.05, 0.1) is 13.2 Å². The molecule has 1 saturated carbocycles. The zero-order valence-corrected chi connectivity index (χ0v) is 15.3. The Bertz CT molecular complexity index is 730. The van der Waals surface area contributed by atoms with Gasteiger partial charge in [0.1, 0.15) is 6.54 Å². The van der Waals surface area contributed by atoms with Crippen molar-refractivity contribution in [2.45, 2.75) is 57.3 Å². The Morgan fingerprint density at radius 1 is 1.35 bits per heavy atom. The summed E-state index contributed by atoms with van der Waals surface area (Å²) in [5.41, 5.74) is 8.54. The number of ether oxygens (including phenoxy) is 1. The fourth-order valence-electron chi connectivity index (χ4n) is 3.38. The van der Waals surface area contributed by atoms with Crippen LogP contribution in [-0.2, 0) is 16.1 Å². The van der Waals surface area contributed by atoms with E-state index >= 15 is 0 Å². The van der Waals surface area contributed by atoms with Gasteiger partial charge in [-0.1, -0.05) is 42.7 Å². The summed E-state index contributed by atoms with van der Waals surface area (Å²) >= 11 is 0. The van der Waals surface area contributed by atoms with Crippen LogP contribution >= 0.6 is 0 Å². The smallest absolute Gasteiger partial charge is 0.327 e. The van der Waals surface area contributed by atoms with E-state index in [1.165, 1.54) is 17.4 Å². The molecule has 0 radical (unpaired) electrons. The van der Waals surface area contributed by atoms with Crippen molar-refractivity contribution in [3.05, 3.63) is 41.2 Å². The number of rotatable bonds is 6. The van der Waals surface area contributed by atoms with Gasteiger partial charge in [0.25, 0.3) is 0 Å². The maximum atomic E-state index is 11.7. The highest BCUT2D eigenvalue weighted by atomic mass is 16.5. The molecule has 0 saturated heterocycles. The molecule has 0 bridgehead atoms. The topological polar surface area (TPSA) is 108 Å². The predicted octanol–water partition coefficient (Wildman–Crippen LogP) is 1.10. The first kappa shape index (κ1) is 18.5. The molecule has 3 rings (SSSR count). The minimum absolute atomic E-state index is 0.0282. The number of carbonyl (C=O) groups is 1. The molecule has 0 aliphatic heterocycles. The van der Waals surface area contributed by atoms with Crippen LogP contribution in [0.25, 0.3) is 0 Å². The van der Waals surface area contributed by atoms with E-state index in [2.05, 4.69) is 45.1 Å². The predicted molar refractivity (Wildman–Crippen MR) is 96.2 cm³/mol. The van der Waals surface area contributed by atoms with E-state index in [4.69, 9.17) is 10.5 Å². The van der Waals surface area contributed by atoms with Gasteiger partial charge in [0.15, 0.2) is 5.82 Å². The highest BCUT2D eigenvalue weighted by Crippen LogP contribution is 2.25. The number of aryl methyl sites for hydroxylation is 1. The Balaban J connectivity index is 1.91. The fourth-order valence-corrected chi connectivity index (χ4v) is 3.38. The van der Waals surface area contributed by atoms with Gasteiger partial charge in [0, 0.05) is 12.1 Å². The van der Waals surface area contributed by atoms with Crippen molar-refractivity contribution in [1.82, 2.24) is 25.5 Å². The number of nitrogens with zero attached hydrogens (tertiary/aromatic N) is 4. The molecule has 0 spiro atoms. The summed E-state index contributed by atoms with van der Waals surface area (Å²) in [6.07, 6.45) is 4.33. The van der Waals surface area contributed by atoms with Gasteiger partial charge in [-0.15, -0.1) is 5.10 Å². The second kappa shape index (κ2) is 8.37. The molecule has 8 heteroatoms. The number of nitrogens with two attached hydrogens (primary N) is 1. The lowest BCUT2D eigenvalue weighted by Gasteiger charge is -2.33. The summed E-state index contributed by atoms with van der Waals surface area (Å²) in [6, 6.07) is 8.25. The van der Waals surface area contributed by atoms with Crippen LogP contribution < -0.4 is 11.1 Å². The standard InChI is InChI=1S/C18H26N6O2/c1-12-7-9-13(10-8-12)17(20-15-6-4-3-5-14(15)19)18-21-22-23-24(18)11-16(25)26-2/h7-10,14-15,17,20H,3-6,11,19H2,1-2H3. The maximum Gasteiger partial charge on any atom is 0.327 e. The third-order valence-electron chi connectivity index (χ3n) is 4.94. The van der Waals surface area contributed by atoms with Crippen molar-refractivity contribution in [3.63, 3.8) is 0 Å². The fraction of sp³-hybridized carbons (Fsp3) is 0.556. The molecule has 3 unspecified atom stereocenters. The average molecular weight is 358 g/mol. The molecule has 1 aromatic carbocycles. The monoisotopic (exact) mass is 358 g/mol. The second-order valence-electron chi connectivity index (χ2n) is 6.84. The Morgan fingerprint density at radius 2 is 2.08 bits per heavy atom. The van der Waals surface area contributed by atoms with Gasteiger partial charge in [0.2, 0.25) is 0 Å². The SMILES string of the molecule is COC(=O)Cn1nnnc1C(NC1CCCCC1N)c1ccc(C)cc1. The van der Waals surface area contributed by atoms with Crippen molar-refractivity contribution in [3.8, 4) is 0 Å². The first-order valence-corrected chi connectivity index (χ1v) is 8.99. The molecule has 140 valence electrons. The zero-order chi connectivity index (χ0) is 18.5. The van der Waals surface area contributed by atoms with E-state index in [0.717, 1.165) is 31.2 Å². The second-order valence-corrected chi connectivity index (χ2v) is 6.84. The molecule has 1 fully saturated rings. The lowest BCUT2D eigenvalue weighted by atomic mass is 9.89. The molecular formula is C18H26N6O2. The Hall–Kier alpha value is -2.32. The van der Waals surface area contributed by atoms with Crippen LogP contribution in [0.15, 0.2) is 24.3 Å². The van der Waals surface area contributed by atoms with E-state index in [0.29, 0.717) is 5.82 Å². The van der Waals surface area contributed by atoms with E-state index in [1.807, 2.05) is 6.92 Å². The number of hydrogen-bond acceptors (Lipinski definition) is 7. The number of hydrogen-bond donors (Lipinski definition) is 2. The van der Waals surface area contributed by atoms with Crippen LogP contribution in [-0.4, -0.2) is 45.4 Å². The molecular weight excluding hydrogens is 332 g/mol. The lowest BCUT2D eigenvalue weighted by Crippen LogP contribution is -2.49. The van der Waals surface area contributed by atoms with Gasteiger partial charge in [-0.25, -0.2) is 4.68 Å². The van der Waals surface area contributed by atoms with Crippen LogP contribution in [0.1, 0.15) is 48.7 Å². The Morgan fingerprint density at radius 3 is 2.77 bits per heavy atom. The van der Waals surface area contributed by atoms with Crippen molar-refractivity contribution in [1.29, 1.82) is 0 Å². The van der Waals surface area contributed by atoms with Crippen molar-refractivity contribution >= 4 is 5.97 Å².